The Morgan fingerprint density at radius 2 is 1.97 bits per heavy atom. The molecule has 0 radical (unpaired) electrons. The van der Waals surface area contributed by atoms with Crippen molar-refractivity contribution in [3.05, 3.63) is 47.7 Å². The maximum atomic E-state index is 12.3. The highest BCUT2D eigenvalue weighted by Crippen LogP contribution is 2.40. The van der Waals surface area contributed by atoms with Crippen molar-refractivity contribution in [2.75, 3.05) is 7.05 Å². The van der Waals surface area contributed by atoms with Crippen LogP contribution in [0.3, 0.4) is 0 Å². The Hall–Kier alpha value is -3.68. The van der Waals surface area contributed by atoms with E-state index in [-0.39, 0.29) is 17.7 Å². The van der Waals surface area contributed by atoms with E-state index in [4.69, 9.17) is 4.98 Å². The molecule has 0 bridgehead atoms. The largest absolute Gasteiger partial charge is 0.481 e. The number of aromatic amines is 1. The van der Waals surface area contributed by atoms with Crippen LogP contribution in [0.5, 0.6) is 0 Å². The summed E-state index contributed by atoms with van der Waals surface area (Å²) < 4.78 is 1.98. The van der Waals surface area contributed by atoms with Gasteiger partial charge in [0, 0.05) is 23.6 Å². The Balaban J connectivity index is 2.05. The van der Waals surface area contributed by atoms with Crippen molar-refractivity contribution in [3.8, 4) is 11.4 Å². The Labute approximate surface area is 185 Å². The van der Waals surface area contributed by atoms with Crippen molar-refractivity contribution >= 4 is 33.8 Å². The van der Waals surface area contributed by atoms with Gasteiger partial charge in [-0.05, 0) is 48.2 Å². The SMILES string of the molecule is CNC(=O)c1ccc2nc(-c3cc(C)c4cn[nH]c4c3)n(C(CC(=O)O)C(C)(C)C)c2c1. The number of carboxylic acids is 1. The highest BCUT2D eigenvalue weighted by Gasteiger charge is 2.32. The molecule has 166 valence electrons. The van der Waals surface area contributed by atoms with E-state index in [0.29, 0.717) is 16.9 Å². The Morgan fingerprint density at radius 3 is 2.62 bits per heavy atom. The molecule has 32 heavy (non-hydrogen) atoms. The number of rotatable bonds is 5. The first-order valence-electron chi connectivity index (χ1n) is 10.5. The highest BCUT2D eigenvalue weighted by molar-refractivity contribution is 5.98. The molecule has 0 saturated carbocycles. The van der Waals surface area contributed by atoms with Crippen LogP contribution >= 0.6 is 0 Å². The molecule has 4 aromatic rings. The first-order chi connectivity index (χ1) is 15.1. The fourth-order valence-corrected chi connectivity index (χ4v) is 4.21. The molecular weight excluding hydrogens is 406 g/mol. The molecule has 2 aromatic heterocycles. The number of amides is 1. The van der Waals surface area contributed by atoms with Crippen LogP contribution in [0, 0.1) is 12.3 Å². The number of aryl methyl sites for hydroxylation is 1. The van der Waals surface area contributed by atoms with Gasteiger partial charge in [-0.3, -0.25) is 14.7 Å². The molecule has 4 rings (SSSR count). The molecule has 8 heteroatoms. The lowest BCUT2D eigenvalue weighted by atomic mass is 9.84. The number of nitrogens with zero attached hydrogens (tertiary/aromatic N) is 3. The third-order valence-corrected chi connectivity index (χ3v) is 5.88. The minimum absolute atomic E-state index is 0.0720. The number of aromatic nitrogens is 4. The average Bonchev–Trinajstić information content (AvgIpc) is 3.34. The molecule has 2 heterocycles. The van der Waals surface area contributed by atoms with Gasteiger partial charge in [0.05, 0.1) is 35.2 Å². The van der Waals surface area contributed by atoms with E-state index in [0.717, 1.165) is 27.5 Å². The van der Waals surface area contributed by atoms with Gasteiger partial charge in [0.25, 0.3) is 5.91 Å². The molecule has 0 aliphatic heterocycles. The third kappa shape index (κ3) is 3.72. The van der Waals surface area contributed by atoms with Crippen LogP contribution in [0.25, 0.3) is 33.3 Å². The smallest absolute Gasteiger partial charge is 0.305 e. The summed E-state index contributed by atoms with van der Waals surface area (Å²) in [5.41, 5.74) is 4.33. The lowest BCUT2D eigenvalue weighted by molar-refractivity contribution is -0.138. The first-order valence-corrected chi connectivity index (χ1v) is 10.5. The van der Waals surface area contributed by atoms with Gasteiger partial charge in [-0.15, -0.1) is 0 Å². The molecule has 3 N–H and O–H groups in total. The normalized spacial score (nSPS) is 12.9. The van der Waals surface area contributed by atoms with E-state index >= 15 is 0 Å². The number of H-pyrrole nitrogens is 1. The van der Waals surface area contributed by atoms with Crippen molar-refractivity contribution in [1.29, 1.82) is 0 Å². The van der Waals surface area contributed by atoms with Gasteiger partial charge in [0.1, 0.15) is 5.82 Å². The van der Waals surface area contributed by atoms with Gasteiger partial charge in [-0.1, -0.05) is 20.8 Å². The monoisotopic (exact) mass is 433 g/mol. The number of aliphatic carboxylic acids is 1. The van der Waals surface area contributed by atoms with Crippen molar-refractivity contribution in [2.45, 2.75) is 40.2 Å². The highest BCUT2D eigenvalue weighted by atomic mass is 16.4. The van der Waals surface area contributed by atoms with Gasteiger partial charge in [-0.2, -0.15) is 5.10 Å². The number of hydrogen-bond acceptors (Lipinski definition) is 4. The van der Waals surface area contributed by atoms with Crippen LogP contribution in [0.4, 0.5) is 0 Å². The van der Waals surface area contributed by atoms with Gasteiger partial charge >= 0.3 is 5.97 Å². The van der Waals surface area contributed by atoms with Crippen LogP contribution in [-0.2, 0) is 4.79 Å². The zero-order valence-corrected chi connectivity index (χ0v) is 18.9. The molecule has 0 saturated heterocycles. The lowest BCUT2D eigenvalue weighted by Crippen LogP contribution is -2.27. The number of fused-ring (bicyclic) bond motifs is 2. The molecule has 0 aliphatic rings. The summed E-state index contributed by atoms with van der Waals surface area (Å²) in [7, 11) is 1.58. The van der Waals surface area contributed by atoms with Crippen molar-refractivity contribution < 1.29 is 14.7 Å². The summed E-state index contributed by atoms with van der Waals surface area (Å²) in [6.45, 7) is 8.06. The summed E-state index contributed by atoms with van der Waals surface area (Å²) >= 11 is 0. The zero-order chi connectivity index (χ0) is 23.2. The number of carboxylic acid groups (broad SMARTS) is 1. The van der Waals surface area contributed by atoms with Gasteiger partial charge in [0.2, 0.25) is 0 Å². The van der Waals surface area contributed by atoms with Gasteiger partial charge in [0.15, 0.2) is 0 Å². The quantitative estimate of drug-likeness (QED) is 0.434. The van der Waals surface area contributed by atoms with E-state index in [2.05, 4.69) is 15.5 Å². The maximum absolute atomic E-state index is 12.3. The van der Waals surface area contributed by atoms with E-state index in [1.54, 1.807) is 25.4 Å². The minimum atomic E-state index is -0.889. The third-order valence-electron chi connectivity index (χ3n) is 5.88. The van der Waals surface area contributed by atoms with Gasteiger partial charge < -0.3 is 15.0 Å². The van der Waals surface area contributed by atoms with Crippen LogP contribution in [0.2, 0.25) is 0 Å². The van der Waals surface area contributed by atoms with E-state index in [1.807, 2.05) is 50.5 Å². The second-order valence-electron chi connectivity index (χ2n) is 9.19. The van der Waals surface area contributed by atoms with E-state index in [9.17, 15) is 14.7 Å². The summed E-state index contributed by atoms with van der Waals surface area (Å²) in [6, 6.07) is 8.95. The number of hydrogen-bond donors (Lipinski definition) is 3. The summed E-state index contributed by atoms with van der Waals surface area (Å²) in [4.78, 5) is 29.0. The molecule has 1 amide bonds. The molecule has 0 fully saturated rings. The van der Waals surface area contributed by atoms with Crippen LogP contribution in [0.1, 0.15) is 49.2 Å². The fraction of sp³-hybridized carbons (Fsp3) is 0.333. The fourth-order valence-electron chi connectivity index (χ4n) is 4.21. The molecule has 8 nitrogen and oxygen atoms in total. The number of carbonyl (C=O) groups is 2. The number of imidazole rings is 1. The van der Waals surface area contributed by atoms with Crippen LogP contribution in [0.15, 0.2) is 36.5 Å². The second-order valence-corrected chi connectivity index (χ2v) is 9.19. The molecule has 1 unspecified atom stereocenters. The molecule has 0 spiro atoms. The number of carbonyl (C=O) groups excluding carboxylic acids is 1. The number of nitrogens with one attached hydrogen (secondary N) is 2. The van der Waals surface area contributed by atoms with Gasteiger partial charge in [-0.25, -0.2) is 4.98 Å². The second kappa shape index (κ2) is 7.78. The van der Waals surface area contributed by atoms with Crippen LogP contribution in [-0.4, -0.2) is 43.8 Å². The Morgan fingerprint density at radius 1 is 1.22 bits per heavy atom. The van der Waals surface area contributed by atoms with E-state index in [1.165, 1.54) is 0 Å². The average molecular weight is 434 g/mol. The standard InChI is InChI=1S/C24H27N5O3/c1-13-8-15(9-18-16(13)12-26-28-18)22-27-17-7-6-14(23(32)25-5)10-19(17)29(22)20(11-21(30)31)24(2,3)4/h6-10,12,20H,11H2,1-5H3,(H,25,32)(H,26,28)(H,30,31). The topological polar surface area (TPSA) is 113 Å². The lowest BCUT2D eigenvalue weighted by Gasteiger charge is -2.32. The Kier molecular flexibility index (Phi) is 5.24. The molecule has 2 aromatic carbocycles. The maximum Gasteiger partial charge on any atom is 0.305 e. The molecular formula is C24H27N5O3. The molecule has 1 atom stereocenters. The predicted octanol–water partition coefficient (Wildman–Crippen LogP) is 4.31. The minimum Gasteiger partial charge on any atom is -0.481 e. The van der Waals surface area contributed by atoms with Crippen molar-refractivity contribution in [2.24, 2.45) is 5.41 Å². The summed E-state index contributed by atoms with van der Waals surface area (Å²) in [6.07, 6.45) is 1.72. The van der Waals surface area contributed by atoms with E-state index < -0.39 is 12.0 Å². The predicted molar refractivity (Wildman–Crippen MR) is 124 cm³/mol. The number of benzene rings is 2. The van der Waals surface area contributed by atoms with Crippen molar-refractivity contribution in [3.63, 3.8) is 0 Å². The molecule has 0 aliphatic carbocycles. The Bertz CT molecular complexity index is 1340. The first kappa shape index (κ1) is 21.5. The summed E-state index contributed by atoms with van der Waals surface area (Å²) in [5, 5.41) is 20.5. The van der Waals surface area contributed by atoms with Crippen molar-refractivity contribution in [1.82, 2.24) is 25.1 Å². The summed E-state index contributed by atoms with van der Waals surface area (Å²) in [5.74, 6) is -0.434. The van der Waals surface area contributed by atoms with Crippen LogP contribution < -0.4 is 5.32 Å². The zero-order valence-electron chi connectivity index (χ0n) is 18.9.